The molecule has 6 nitrogen and oxygen atoms in total. The molecule has 6 rings (SSSR count). The molecule has 1 N–H and O–H groups in total. The quantitative estimate of drug-likeness (QED) is 0.454. The third kappa shape index (κ3) is 4.76. The van der Waals surface area contributed by atoms with E-state index < -0.39 is 15.4 Å². The molecule has 1 saturated heterocycles. The van der Waals surface area contributed by atoms with E-state index in [1.807, 2.05) is 12.1 Å². The maximum absolute atomic E-state index is 13.7. The molecule has 0 bridgehead atoms. The second kappa shape index (κ2) is 10.4. The first kappa shape index (κ1) is 28.7. The van der Waals surface area contributed by atoms with E-state index in [1.54, 1.807) is 19.2 Å². The number of rotatable bonds is 7. The normalized spacial score (nSPS) is 41.3. The first-order valence-corrected chi connectivity index (χ1v) is 17.5. The lowest BCUT2D eigenvalue weighted by Gasteiger charge is -2.62. The lowest BCUT2D eigenvalue weighted by atomic mass is 9.44. The van der Waals surface area contributed by atoms with Crippen LogP contribution in [0.2, 0.25) is 0 Å². The van der Waals surface area contributed by atoms with Crippen LogP contribution in [0.3, 0.4) is 0 Å². The minimum atomic E-state index is -3.67. The topological polar surface area (TPSA) is 83.9 Å². The summed E-state index contributed by atoms with van der Waals surface area (Å²) in [6.45, 7) is 7.23. The number of carbonyl (C=O) groups excluding carboxylic acids is 1. The van der Waals surface area contributed by atoms with Crippen molar-refractivity contribution in [2.24, 2.45) is 40.4 Å². The van der Waals surface area contributed by atoms with E-state index in [9.17, 15) is 18.3 Å². The SMILES string of the molecule is COC[C@@]1(O)CC[C@@]2(C)[C@@H](CC[C@@H]3[C@@H]2CC[C@]2(C)[C@@H](C(=O)CS(=O)(=O)c4ccc(N5CCCC5)cc4)CC[C@@H]32)C1. The van der Waals surface area contributed by atoms with E-state index in [2.05, 4.69) is 18.7 Å². The second-order valence-electron chi connectivity index (χ2n) is 14.6. The number of ether oxygens (including phenoxy) is 1. The molecule has 222 valence electrons. The van der Waals surface area contributed by atoms with Gasteiger partial charge in [-0.3, -0.25) is 4.79 Å². The number of ketones is 1. The highest BCUT2D eigenvalue weighted by Gasteiger charge is 2.62. The largest absolute Gasteiger partial charge is 0.387 e. The van der Waals surface area contributed by atoms with Crippen LogP contribution in [-0.4, -0.2) is 57.5 Å². The average molecular weight is 572 g/mol. The Bertz CT molecular complexity index is 1210. The van der Waals surface area contributed by atoms with Crippen LogP contribution in [-0.2, 0) is 19.4 Å². The van der Waals surface area contributed by atoms with Gasteiger partial charge in [-0.25, -0.2) is 8.42 Å². The van der Waals surface area contributed by atoms with Crippen molar-refractivity contribution in [3.8, 4) is 0 Å². The standard InChI is InChI=1S/C33H49NO5S/c1-31-16-17-33(36,22-39-3)20-23(31)6-11-26-27-12-13-29(32(27,2)15-14-28(26)31)30(35)21-40(37,38)25-9-7-24(8-10-25)34-18-4-5-19-34/h7-10,23,26-29,36H,4-6,11-22H2,1-3H3/t23-,26-,27-,28-,29+,31-,32-,33+/m0/s1. The molecule has 5 fully saturated rings. The van der Waals surface area contributed by atoms with E-state index in [-0.39, 0.29) is 33.2 Å². The molecule has 8 atom stereocenters. The number of methoxy groups -OCH3 is 1. The molecular weight excluding hydrogens is 522 g/mol. The van der Waals surface area contributed by atoms with Crippen LogP contribution in [0.25, 0.3) is 0 Å². The number of carbonyl (C=O) groups is 1. The fourth-order valence-corrected chi connectivity index (χ4v) is 11.8. The van der Waals surface area contributed by atoms with Gasteiger partial charge in [-0.05, 0) is 129 Å². The van der Waals surface area contributed by atoms with Crippen LogP contribution < -0.4 is 4.90 Å². The molecule has 4 saturated carbocycles. The number of sulfone groups is 1. The van der Waals surface area contributed by atoms with Crippen molar-refractivity contribution in [1.29, 1.82) is 0 Å². The fourth-order valence-electron chi connectivity index (χ4n) is 10.5. The maximum Gasteiger partial charge on any atom is 0.185 e. The maximum atomic E-state index is 13.7. The number of benzene rings is 1. The zero-order valence-electron chi connectivity index (χ0n) is 24.7. The summed E-state index contributed by atoms with van der Waals surface area (Å²) in [5.41, 5.74) is 0.495. The van der Waals surface area contributed by atoms with Crippen LogP contribution in [0, 0.1) is 40.4 Å². The van der Waals surface area contributed by atoms with Gasteiger partial charge in [0.15, 0.2) is 15.6 Å². The minimum absolute atomic E-state index is 0.0748. The van der Waals surface area contributed by atoms with Crippen molar-refractivity contribution in [3.05, 3.63) is 24.3 Å². The number of fused-ring (bicyclic) bond motifs is 5. The van der Waals surface area contributed by atoms with E-state index in [0.717, 1.165) is 76.6 Å². The lowest BCUT2D eigenvalue weighted by molar-refractivity contribution is -0.163. The molecule has 0 radical (unpaired) electrons. The summed E-state index contributed by atoms with van der Waals surface area (Å²) >= 11 is 0. The van der Waals surface area contributed by atoms with Gasteiger partial charge >= 0.3 is 0 Å². The number of hydrogen-bond acceptors (Lipinski definition) is 6. The first-order chi connectivity index (χ1) is 19.0. The van der Waals surface area contributed by atoms with Crippen LogP contribution in [0.5, 0.6) is 0 Å². The van der Waals surface area contributed by atoms with Crippen molar-refractivity contribution in [1.82, 2.24) is 0 Å². The predicted molar refractivity (Wildman–Crippen MR) is 157 cm³/mol. The molecule has 5 aliphatic rings. The van der Waals surface area contributed by atoms with Crippen molar-refractivity contribution in [2.45, 2.75) is 95.0 Å². The molecule has 0 spiro atoms. The molecule has 0 aromatic heterocycles. The zero-order chi connectivity index (χ0) is 28.3. The van der Waals surface area contributed by atoms with Gasteiger partial charge in [0, 0.05) is 31.8 Å². The highest BCUT2D eigenvalue weighted by Crippen LogP contribution is 2.68. The Morgan fingerprint density at radius 1 is 0.950 bits per heavy atom. The van der Waals surface area contributed by atoms with Gasteiger partial charge in [0.05, 0.1) is 17.1 Å². The number of Topliss-reactive ketones (excluding diaryl/α,β-unsaturated/α-hetero) is 1. The highest BCUT2D eigenvalue weighted by atomic mass is 32.2. The summed E-state index contributed by atoms with van der Waals surface area (Å²) in [6.07, 6.45) is 11.3. The van der Waals surface area contributed by atoms with Gasteiger partial charge in [0.2, 0.25) is 0 Å². The molecule has 0 unspecified atom stereocenters. The Morgan fingerprint density at radius 3 is 2.35 bits per heavy atom. The van der Waals surface area contributed by atoms with E-state index in [0.29, 0.717) is 30.3 Å². The fraction of sp³-hybridized carbons (Fsp3) is 0.788. The predicted octanol–water partition coefficient (Wildman–Crippen LogP) is 5.67. The van der Waals surface area contributed by atoms with Crippen molar-refractivity contribution in [3.63, 3.8) is 0 Å². The number of hydrogen-bond donors (Lipinski definition) is 1. The van der Waals surface area contributed by atoms with Gasteiger partial charge in [0.25, 0.3) is 0 Å². The number of anilines is 1. The Morgan fingerprint density at radius 2 is 1.65 bits per heavy atom. The molecule has 1 aromatic carbocycles. The van der Waals surface area contributed by atoms with E-state index in [4.69, 9.17) is 4.74 Å². The molecule has 40 heavy (non-hydrogen) atoms. The zero-order valence-corrected chi connectivity index (χ0v) is 25.6. The van der Waals surface area contributed by atoms with Crippen molar-refractivity contribution in [2.75, 3.05) is 37.5 Å². The molecule has 4 aliphatic carbocycles. The average Bonchev–Trinajstić information content (AvgIpc) is 3.57. The third-order valence-corrected chi connectivity index (χ3v) is 14.3. The van der Waals surface area contributed by atoms with Gasteiger partial charge in [-0.15, -0.1) is 0 Å². The van der Waals surface area contributed by atoms with Crippen LogP contribution >= 0.6 is 0 Å². The van der Waals surface area contributed by atoms with Gasteiger partial charge < -0.3 is 14.7 Å². The molecule has 0 amide bonds. The monoisotopic (exact) mass is 571 g/mol. The van der Waals surface area contributed by atoms with E-state index >= 15 is 0 Å². The molecular formula is C33H49NO5S. The van der Waals surface area contributed by atoms with Crippen LogP contribution in [0.4, 0.5) is 5.69 Å². The van der Waals surface area contributed by atoms with Crippen molar-refractivity contribution >= 4 is 21.3 Å². The van der Waals surface area contributed by atoms with Crippen LogP contribution in [0.15, 0.2) is 29.2 Å². The minimum Gasteiger partial charge on any atom is -0.387 e. The summed E-state index contributed by atoms with van der Waals surface area (Å²) in [5.74, 6) is 1.61. The van der Waals surface area contributed by atoms with Gasteiger partial charge in [-0.1, -0.05) is 13.8 Å². The molecule has 1 aromatic rings. The Hall–Kier alpha value is -1.44. The summed E-state index contributed by atoms with van der Waals surface area (Å²) in [5, 5.41) is 11.1. The smallest absolute Gasteiger partial charge is 0.185 e. The number of nitrogens with zero attached hydrogens (tertiary/aromatic N) is 1. The molecule has 1 heterocycles. The summed E-state index contributed by atoms with van der Waals surface area (Å²) in [7, 11) is -1.99. The Labute approximate surface area is 241 Å². The molecule has 7 heteroatoms. The summed E-state index contributed by atoms with van der Waals surface area (Å²) in [6, 6.07) is 7.18. The van der Waals surface area contributed by atoms with Crippen molar-refractivity contribution < 1.29 is 23.1 Å². The second-order valence-corrected chi connectivity index (χ2v) is 16.6. The van der Waals surface area contributed by atoms with E-state index in [1.165, 1.54) is 12.8 Å². The Balaban J connectivity index is 1.14. The molecule has 1 aliphatic heterocycles. The van der Waals surface area contributed by atoms with Gasteiger partial charge in [0.1, 0.15) is 5.75 Å². The first-order valence-electron chi connectivity index (χ1n) is 15.8. The Kier molecular flexibility index (Phi) is 7.44. The summed E-state index contributed by atoms with van der Waals surface area (Å²) < 4.78 is 32.1. The summed E-state index contributed by atoms with van der Waals surface area (Å²) in [4.78, 5) is 16.3. The number of aliphatic hydroxyl groups is 1. The third-order valence-electron chi connectivity index (χ3n) is 12.6. The lowest BCUT2D eigenvalue weighted by Crippen LogP contribution is -2.57. The van der Waals surface area contributed by atoms with Gasteiger partial charge in [-0.2, -0.15) is 0 Å². The van der Waals surface area contributed by atoms with Crippen LogP contribution in [0.1, 0.15) is 84.5 Å². The highest BCUT2D eigenvalue weighted by molar-refractivity contribution is 7.92.